The van der Waals surface area contributed by atoms with Crippen molar-refractivity contribution in [1.29, 1.82) is 0 Å². The number of rotatable bonds is 2. The normalized spacial score (nSPS) is 24.1. The van der Waals surface area contributed by atoms with Gasteiger partial charge in [0.2, 0.25) is 5.91 Å². The lowest BCUT2D eigenvalue weighted by atomic mass is 10.0. The minimum Gasteiger partial charge on any atom is -0.481 e. The van der Waals surface area contributed by atoms with E-state index in [4.69, 9.17) is 5.11 Å². The average Bonchev–Trinajstić information content (AvgIpc) is 2.56. The molecule has 2 atom stereocenters. The highest BCUT2D eigenvalue weighted by Gasteiger charge is 2.42. The SMILES string of the molecule is Cc1ccccc1N1C(=O)CC(C(=O)O)C1C. The van der Waals surface area contributed by atoms with E-state index in [1.165, 1.54) is 0 Å². The molecule has 0 bridgehead atoms. The second-order valence-electron chi connectivity index (χ2n) is 4.44. The van der Waals surface area contributed by atoms with Crippen LogP contribution in [0.2, 0.25) is 0 Å². The summed E-state index contributed by atoms with van der Waals surface area (Å²) in [7, 11) is 0. The third-order valence-electron chi connectivity index (χ3n) is 3.34. The monoisotopic (exact) mass is 233 g/mol. The van der Waals surface area contributed by atoms with Crippen molar-refractivity contribution in [2.75, 3.05) is 4.90 Å². The molecule has 1 aliphatic rings. The van der Waals surface area contributed by atoms with Gasteiger partial charge < -0.3 is 10.0 Å². The van der Waals surface area contributed by atoms with E-state index < -0.39 is 11.9 Å². The van der Waals surface area contributed by atoms with E-state index >= 15 is 0 Å². The molecule has 1 saturated heterocycles. The van der Waals surface area contributed by atoms with Crippen LogP contribution in [0.4, 0.5) is 5.69 Å². The number of benzene rings is 1. The van der Waals surface area contributed by atoms with Crippen molar-refractivity contribution >= 4 is 17.6 Å². The summed E-state index contributed by atoms with van der Waals surface area (Å²) in [6.45, 7) is 3.71. The molecular formula is C13H15NO3. The Kier molecular flexibility index (Phi) is 2.88. The molecule has 4 nitrogen and oxygen atoms in total. The highest BCUT2D eigenvalue weighted by molar-refractivity contribution is 6.00. The lowest BCUT2D eigenvalue weighted by Gasteiger charge is -2.25. The van der Waals surface area contributed by atoms with E-state index in [1.807, 2.05) is 31.2 Å². The van der Waals surface area contributed by atoms with Crippen LogP contribution < -0.4 is 4.90 Å². The zero-order chi connectivity index (χ0) is 12.6. The first-order valence-electron chi connectivity index (χ1n) is 5.63. The molecule has 2 rings (SSSR count). The van der Waals surface area contributed by atoms with E-state index in [-0.39, 0.29) is 18.4 Å². The quantitative estimate of drug-likeness (QED) is 0.847. The third-order valence-corrected chi connectivity index (χ3v) is 3.34. The molecule has 0 saturated carbocycles. The Morgan fingerprint density at radius 3 is 2.59 bits per heavy atom. The molecule has 0 radical (unpaired) electrons. The van der Waals surface area contributed by atoms with E-state index in [0.29, 0.717) is 0 Å². The summed E-state index contributed by atoms with van der Waals surface area (Å²) in [5, 5.41) is 9.06. The van der Waals surface area contributed by atoms with Gasteiger partial charge in [0.15, 0.2) is 0 Å². The van der Waals surface area contributed by atoms with Gasteiger partial charge in [0, 0.05) is 18.2 Å². The second-order valence-corrected chi connectivity index (χ2v) is 4.44. The van der Waals surface area contributed by atoms with Crippen molar-refractivity contribution in [1.82, 2.24) is 0 Å². The lowest BCUT2D eigenvalue weighted by Crippen LogP contribution is -2.35. The Morgan fingerprint density at radius 2 is 2.06 bits per heavy atom. The summed E-state index contributed by atoms with van der Waals surface area (Å²) < 4.78 is 0. The fourth-order valence-electron chi connectivity index (χ4n) is 2.35. The van der Waals surface area contributed by atoms with Gasteiger partial charge in [-0.1, -0.05) is 18.2 Å². The molecule has 1 heterocycles. The van der Waals surface area contributed by atoms with Crippen LogP contribution in [0.15, 0.2) is 24.3 Å². The topological polar surface area (TPSA) is 57.6 Å². The number of carbonyl (C=O) groups is 2. The number of anilines is 1. The predicted octanol–water partition coefficient (Wildman–Crippen LogP) is 1.82. The van der Waals surface area contributed by atoms with Crippen LogP contribution in [0.5, 0.6) is 0 Å². The zero-order valence-electron chi connectivity index (χ0n) is 9.88. The van der Waals surface area contributed by atoms with Crippen molar-refractivity contribution in [3.8, 4) is 0 Å². The van der Waals surface area contributed by atoms with E-state index in [9.17, 15) is 9.59 Å². The largest absolute Gasteiger partial charge is 0.481 e. The van der Waals surface area contributed by atoms with Crippen LogP contribution in [0.1, 0.15) is 18.9 Å². The Bertz CT molecular complexity index is 469. The van der Waals surface area contributed by atoms with E-state index in [2.05, 4.69) is 0 Å². The van der Waals surface area contributed by atoms with Crippen LogP contribution in [0, 0.1) is 12.8 Å². The van der Waals surface area contributed by atoms with Crippen LogP contribution >= 0.6 is 0 Å². The summed E-state index contributed by atoms with van der Waals surface area (Å²) in [6.07, 6.45) is 0.0881. The summed E-state index contributed by atoms with van der Waals surface area (Å²) in [6, 6.07) is 7.24. The smallest absolute Gasteiger partial charge is 0.309 e. The maximum absolute atomic E-state index is 11.9. The molecule has 1 N–H and O–H groups in total. The number of carbonyl (C=O) groups excluding carboxylic acids is 1. The van der Waals surface area contributed by atoms with Gasteiger partial charge >= 0.3 is 5.97 Å². The van der Waals surface area contributed by atoms with Crippen LogP contribution in [0.3, 0.4) is 0 Å². The average molecular weight is 233 g/mol. The zero-order valence-corrected chi connectivity index (χ0v) is 9.88. The highest BCUT2D eigenvalue weighted by Crippen LogP contribution is 2.32. The van der Waals surface area contributed by atoms with Gasteiger partial charge in [0.05, 0.1) is 5.92 Å². The minimum atomic E-state index is -0.901. The first-order valence-corrected chi connectivity index (χ1v) is 5.63. The summed E-state index contributed by atoms with van der Waals surface area (Å²) in [5.74, 6) is -1.62. The summed E-state index contributed by atoms with van der Waals surface area (Å²) in [4.78, 5) is 24.6. The third kappa shape index (κ3) is 1.90. The molecule has 0 aliphatic carbocycles. The predicted molar refractivity (Wildman–Crippen MR) is 63.9 cm³/mol. The molecule has 2 unspecified atom stereocenters. The fourth-order valence-corrected chi connectivity index (χ4v) is 2.35. The van der Waals surface area contributed by atoms with Gasteiger partial charge in [-0.25, -0.2) is 0 Å². The number of aryl methyl sites for hydroxylation is 1. The number of carboxylic acid groups (broad SMARTS) is 1. The van der Waals surface area contributed by atoms with Gasteiger partial charge in [-0.15, -0.1) is 0 Å². The van der Waals surface area contributed by atoms with Crippen molar-refractivity contribution in [2.24, 2.45) is 5.92 Å². The molecule has 1 aromatic carbocycles. The van der Waals surface area contributed by atoms with Gasteiger partial charge in [-0.2, -0.15) is 0 Å². The maximum Gasteiger partial charge on any atom is 0.309 e. The molecule has 17 heavy (non-hydrogen) atoms. The number of para-hydroxylation sites is 1. The van der Waals surface area contributed by atoms with Gasteiger partial charge in [-0.05, 0) is 25.5 Å². The van der Waals surface area contributed by atoms with Crippen LogP contribution in [-0.2, 0) is 9.59 Å². The molecular weight excluding hydrogens is 218 g/mol. The number of amides is 1. The van der Waals surface area contributed by atoms with Crippen molar-refractivity contribution < 1.29 is 14.7 Å². The van der Waals surface area contributed by atoms with Gasteiger partial charge in [-0.3, -0.25) is 9.59 Å². The molecule has 1 amide bonds. The van der Waals surface area contributed by atoms with Crippen LogP contribution in [-0.4, -0.2) is 23.0 Å². The molecule has 1 fully saturated rings. The summed E-state index contributed by atoms with van der Waals surface area (Å²) >= 11 is 0. The fraction of sp³-hybridized carbons (Fsp3) is 0.385. The molecule has 1 aliphatic heterocycles. The van der Waals surface area contributed by atoms with Crippen molar-refractivity contribution in [3.63, 3.8) is 0 Å². The second kappa shape index (κ2) is 4.20. The lowest BCUT2D eigenvalue weighted by molar-refractivity contribution is -0.142. The Balaban J connectivity index is 2.37. The molecule has 1 aromatic rings. The Hall–Kier alpha value is -1.84. The first kappa shape index (κ1) is 11.6. The molecule has 90 valence electrons. The Morgan fingerprint density at radius 1 is 1.41 bits per heavy atom. The van der Waals surface area contributed by atoms with Crippen molar-refractivity contribution in [2.45, 2.75) is 26.3 Å². The number of hydrogen-bond acceptors (Lipinski definition) is 2. The van der Waals surface area contributed by atoms with Crippen LogP contribution in [0.25, 0.3) is 0 Å². The number of carboxylic acids is 1. The number of nitrogens with zero attached hydrogens (tertiary/aromatic N) is 1. The van der Waals surface area contributed by atoms with E-state index in [1.54, 1.807) is 11.8 Å². The van der Waals surface area contributed by atoms with E-state index in [0.717, 1.165) is 11.3 Å². The number of aliphatic carboxylic acids is 1. The summed E-state index contributed by atoms with van der Waals surface area (Å²) in [5.41, 5.74) is 1.80. The van der Waals surface area contributed by atoms with Gasteiger partial charge in [0.25, 0.3) is 0 Å². The molecule has 0 aromatic heterocycles. The standard InChI is InChI=1S/C13H15NO3/c1-8-5-3-4-6-11(8)14-9(2)10(13(16)17)7-12(14)15/h3-6,9-10H,7H2,1-2H3,(H,16,17). The van der Waals surface area contributed by atoms with Crippen molar-refractivity contribution in [3.05, 3.63) is 29.8 Å². The number of hydrogen-bond donors (Lipinski definition) is 1. The molecule has 4 heteroatoms. The maximum atomic E-state index is 11.9. The van der Waals surface area contributed by atoms with Gasteiger partial charge in [0.1, 0.15) is 0 Å². The first-order chi connectivity index (χ1) is 8.02. The minimum absolute atomic E-state index is 0.0881. The highest BCUT2D eigenvalue weighted by atomic mass is 16.4. The Labute approximate surface area is 99.9 Å². The molecule has 0 spiro atoms.